The van der Waals surface area contributed by atoms with Crippen LogP contribution in [0, 0.1) is 0 Å². The van der Waals surface area contributed by atoms with Gasteiger partial charge in [-0.1, -0.05) is 0 Å². The second-order valence-corrected chi connectivity index (χ2v) is 5.11. The molecular weight excluding hydrogens is 204 g/mol. The Morgan fingerprint density at radius 3 is 2.38 bits per heavy atom. The fraction of sp³-hybridized carbons (Fsp3) is 0.917. The molecule has 2 aliphatic heterocycles. The fourth-order valence-corrected chi connectivity index (χ4v) is 2.56. The third-order valence-electron chi connectivity index (χ3n) is 3.88. The highest BCUT2D eigenvalue weighted by Crippen LogP contribution is 2.19. The molecule has 0 saturated carbocycles. The minimum absolute atomic E-state index is 0.164. The summed E-state index contributed by atoms with van der Waals surface area (Å²) in [6.45, 7) is 6.76. The van der Waals surface area contributed by atoms with Crippen molar-refractivity contribution in [1.82, 2.24) is 9.80 Å². The number of hydrogen-bond acceptors (Lipinski definition) is 3. The van der Waals surface area contributed by atoms with Crippen LogP contribution in [0.4, 0.5) is 0 Å². The van der Waals surface area contributed by atoms with E-state index in [9.17, 15) is 4.79 Å². The number of nitrogens with zero attached hydrogens (tertiary/aromatic N) is 2. The van der Waals surface area contributed by atoms with E-state index in [0.717, 1.165) is 32.5 Å². The number of piperazine rings is 1. The average molecular weight is 226 g/mol. The van der Waals surface area contributed by atoms with Crippen molar-refractivity contribution in [3.05, 3.63) is 0 Å². The molecule has 3 unspecified atom stereocenters. The number of carbonyl (C=O) groups excluding carboxylic acids is 1. The van der Waals surface area contributed by atoms with E-state index in [4.69, 9.17) is 4.74 Å². The summed E-state index contributed by atoms with van der Waals surface area (Å²) in [5.41, 5.74) is 0. The molecule has 2 heterocycles. The zero-order valence-corrected chi connectivity index (χ0v) is 10.5. The van der Waals surface area contributed by atoms with Crippen molar-refractivity contribution in [3.8, 4) is 0 Å². The molecule has 4 nitrogen and oxygen atoms in total. The van der Waals surface area contributed by atoms with Gasteiger partial charge in [0.1, 0.15) is 6.10 Å². The van der Waals surface area contributed by atoms with E-state index < -0.39 is 0 Å². The van der Waals surface area contributed by atoms with Gasteiger partial charge in [-0.15, -0.1) is 0 Å². The number of carbonyl (C=O) groups is 1. The molecule has 0 aromatic carbocycles. The molecule has 3 atom stereocenters. The smallest absolute Gasteiger partial charge is 0.251 e. The first kappa shape index (κ1) is 11.9. The third-order valence-corrected chi connectivity index (χ3v) is 3.88. The van der Waals surface area contributed by atoms with Crippen LogP contribution in [-0.2, 0) is 9.53 Å². The highest BCUT2D eigenvalue weighted by molar-refractivity contribution is 5.81. The van der Waals surface area contributed by atoms with Gasteiger partial charge in [-0.2, -0.15) is 0 Å². The largest absolute Gasteiger partial charge is 0.368 e. The molecule has 4 heteroatoms. The topological polar surface area (TPSA) is 32.8 Å². The Balaban J connectivity index is 1.96. The summed E-state index contributed by atoms with van der Waals surface area (Å²) in [5, 5.41) is 0. The number of hydrogen-bond donors (Lipinski definition) is 0. The SMILES string of the molecule is CC1CN(C(=O)C2CCCO2)CC(C)N1C. The number of ether oxygens (including phenoxy) is 1. The van der Waals surface area contributed by atoms with Gasteiger partial charge < -0.3 is 9.64 Å². The van der Waals surface area contributed by atoms with Crippen LogP contribution in [0.2, 0.25) is 0 Å². The molecule has 0 aromatic heterocycles. The lowest BCUT2D eigenvalue weighted by Crippen LogP contribution is -2.58. The van der Waals surface area contributed by atoms with Gasteiger partial charge in [-0.3, -0.25) is 9.69 Å². The maximum atomic E-state index is 12.2. The quantitative estimate of drug-likeness (QED) is 0.660. The third kappa shape index (κ3) is 2.23. The standard InChI is InChI=1S/C12H22N2O2/c1-9-7-14(8-10(2)13(9)3)12(15)11-5-4-6-16-11/h9-11H,4-8H2,1-3H3. The molecule has 0 aliphatic carbocycles. The van der Waals surface area contributed by atoms with Crippen molar-refractivity contribution >= 4 is 5.91 Å². The molecule has 0 spiro atoms. The molecule has 2 fully saturated rings. The van der Waals surface area contributed by atoms with Crippen LogP contribution in [0.5, 0.6) is 0 Å². The van der Waals surface area contributed by atoms with Crippen LogP contribution in [0.25, 0.3) is 0 Å². The Labute approximate surface area is 97.5 Å². The molecule has 16 heavy (non-hydrogen) atoms. The summed E-state index contributed by atoms with van der Waals surface area (Å²) < 4.78 is 5.46. The van der Waals surface area contributed by atoms with Gasteiger partial charge in [0.25, 0.3) is 5.91 Å². The Bertz CT molecular complexity index is 252. The van der Waals surface area contributed by atoms with Gasteiger partial charge in [-0.05, 0) is 33.7 Å². The highest BCUT2D eigenvalue weighted by Gasteiger charge is 2.34. The van der Waals surface area contributed by atoms with Crippen molar-refractivity contribution in [2.75, 3.05) is 26.7 Å². The van der Waals surface area contributed by atoms with E-state index in [-0.39, 0.29) is 12.0 Å². The van der Waals surface area contributed by atoms with E-state index in [0.29, 0.717) is 12.1 Å². The number of rotatable bonds is 1. The second-order valence-electron chi connectivity index (χ2n) is 5.11. The maximum absolute atomic E-state index is 12.2. The zero-order valence-electron chi connectivity index (χ0n) is 10.5. The van der Waals surface area contributed by atoms with Crippen molar-refractivity contribution in [1.29, 1.82) is 0 Å². The first-order valence-corrected chi connectivity index (χ1v) is 6.22. The van der Waals surface area contributed by atoms with Crippen molar-refractivity contribution in [3.63, 3.8) is 0 Å². The summed E-state index contributed by atoms with van der Waals surface area (Å²) >= 11 is 0. The zero-order chi connectivity index (χ0) is 11.7. The molecule has 2 aliphatic rings. The summed E-state index contributed by atoms with van der Waals surface area (Å²) in [5.74, 6) is 0.198. The Morgan fingerprint density at radius 1 is 1.25 bits per heavy atom. The summed E-state index contributed by atoms with van der Waals surface area (Å²) in [7, 11) is 2.13. The lowest BCUT2D eigenvalue weighted by molar-refractivity contribution is -0.144. The average Bonchev–Trinajstić information content (AvgIpc) is 2.77. The lowest BCUT2D eigenvalue weighted by atomic mass is 10.1. The normalized spacial score (nSPS) is 36.7. The van der Waals surface area contributed by atoms with Gasteiger partial charge in [-0.25, -0.2) is 0 Å². The summed E-state index contributed by atoms with van der Waals surface area (Å²) in [6.07, 6.45) is 1.76. The van der Waals surface area contributed by atoms with E-state index in [1.807, 2.05) is 4.90 Å². The minimum Gasteiger partial charge on any atom is -0.368 e. The molecule has 0 bridgehead atoms. The van der Waals surface area contributed by atoms with E-state index in [1.54, 1.807) is 0 Å². The maximum Gasteiger partial charge on any atom is 0.251 e. The molecule has 92 valence electrons. The van der Waals surface area contributed by atoms with Crippen LogP contribution in [-0.4, -0.2) is 60.6 Å². The first-order valence-electron chi connectivity index (χ1n) is 6.22. The van der Waals surface area contributed by atoms with Gasteiger partial charge in [0.2, 0.25) is 0 Å². The fourth-order valence-electron chi connectivity index (χ4n) is 2.56. The van der Waals surface area contributed by atoms with Crippen LogP contribution < -0.4 is 0 Å². The number of amides is 1. The Kier molecular flexibility index (Phi) is 3.50. The highest BCUT2D eigenvalue weighted by atomic mass is 16.5. The Morgan fingerprint density at radius 2 is 1.88 bits per heavy atom. The number of likely N-dealkylation sites (N-methyl/N-ethyl adjacent to an activating group) is 1. The van der Waals surface area contributed by atoms with Gasteiger partial charge in [0, 0.05) is 31.8 Å². The van der Waals surface area contributed by atoms with E-state index >= 15 is 0 Å². The monoisotopic (exact) mass is 226 g/mol. The summed E-state index contributed by atoms with van der Waals surface area (Å²) in [6, 6.07) is 0.878. The Hall–Kier alpha value is -0.610. The molecule has 0 aromatic rings. The predicted octanol–water partition coefficient (Wildman–Crippen LogP) is 0.716. The molecular formula is C12H22N2O2. The van der Waals surface area contributed by atoms with Gasteiger partial charge >= 0.3 is 0 Å². The minimum atomic E-state index is -0.164. The van der Waals surface area contributed by atoms with Crippen LogP contribution in [0.3, 0.4) is 0 Å². The van der Waals surface area contributed by atoms with Crippen LogP contribution in [0.1, 0.15) is 26.7 Å². The molecule has 2 saturated heterocycles. The van der Waals surface area contributed by atoms with E-state index in [1.165, 1.54) is 0 Å². The van der Waals surface area contributed by atoms with Crippen LogP contribution in [0.15, 0.2) is 0 Å². The molecule has 2 rings (SSSR count). The van der Waals surface area contributed by atoms with Crippen LogP contribution >= 0.6 is 0 Å². The molecule has 0 radical (unpaired) electrons. The molecule has 1 amide bonds. The second kappa shape index (κ2) is 4.72. The van der Waals surface area contributed by atoms with Crippen molar-refractivity contribution in [2.24, 2.45) is 0 Å². The van der Waals surface area contributed by atoms with Crippen molar-refractivity contribution in [2.45, 2.75) is 44.9 Å². The summed E-state index contributed by atoms with van der Waals surface area (Å²) in [4.78, 5) is 16.5. The predicted molar refractivity (Wildman–Crippen MR) is 62.2 cm³/mol. The van der Waals surface area contributed by atoms with Crippen molar-refractivity contribution < 1.29 is 9.53 Å². The van der Waals surface area contributed by atoms with Gasteiger partial charge in [0.05, 0.1) is 0 Å². The van der Waals surface area contributed by atoms with Gasteiger partial charge in [0.15, 0.2) is 0 Å². The first-order chi connectivity index (χ1) is 7.59. The molecule has 0 N–H and O–H groups in total. The lowest BCUT2D eigenvalue weighted by Gasteiger charge is -2.43. The van der Waals surface area contributed by atoms with E-state index in [2.05, 4.69) is 25.8 Å².